The number of anilines is 4. The quantitative estimate of drug-likeness (QED) is 0.215. The summed E-state index contributed by atoms with van der Waals surface area (Å²) in [4.78, 5) is 33.2. The number of hydrogen-bond donors (Lipinski definition) is 3. The topological polar surface area (TPSA) is 89.2 Å². The predicted octanol–water partition coefficient (Wildman–Crippen LogP) is 5.50. The molecule has 1 heterocycles. The van der Waals surface area contributed by atoms with Crippen molar-refractivity contribution in [3.8, 4) is 5.75 Å². The van der Waals surface area contributed by atoms with Crippen LogP contribution in [0.25, 0.3) is 10.8 Å². The minimum absolute atomic E-state index is 0.154. The zero-order chi connectivity index (χ0) is 30.2. The average Bonchev–Trinajstić information content (AvgIpc) is 3.03. The van der Waals surface area contributed by atoms with Crippen LogP contribution in [-0.4, -0.2) is 77.3 Å². The molecular weight excluding hydrogens is 540 g/mol. The smallest absolute Gasteiger partial charge is 0.323 e. The predicted molar refractivity (Wildman–Crippen MR) is 176 cm³/mol. The van der Waals surface area contributed by atoms with Gasteiger partial charge in [0.2, 0.25) is 0 Å². The summed E-state index contributed by atoms with van der Waals surface area (Å²) >= 11 is 0. The molecule has 0 aliphatic carbocycles. The molecule has 0 radical (unpaired) electrons. The maximum Gasteiger partial charge on any atom is 0.323 e. The van der Waals surface area contributed by atoms with Gasteiger partial charge >= 0.3 is 6.03 Å². The second-order valence-corrected chi connectivity index (χ2v) is 10.9. The summed E-state index contributed by atoms with van der Waals surface area (Å²) in [6.45, 7) is 4.52. The van der Waals surface area contributed by atoms with E-state index < -0.39 is 0 Å². The normalized spacial score (nSPS) is 13.2. The van der Waals surface area contributed by atoms with Gasteiger partial charge in [-0.15, -0.1) is 0 Å². The summed E-state index contributed by atoms with van der Waals surface area (Å²) in [5, 5.41) is 11.0. The van der Waals surface area contributed by atoms with Crippen LogP contribution in [0.2, 0.25) is 0 Å². The van der Waals surface area contributed by atoms with Crippen molar-refractivity contribution >= 4 is 45.5 Å². The molecule has 1 saturated heterocycles. The minimum atomic E-state index is -0.369. The lowest BCUT2D eigenvalue weighted by molar-refractivity contribution is 0.0952. The van der Waals surface area contributed by atoms with Gasteiger partial charge in [0, 0.05) is 49.5 Å². The first kappa shape index (κ1) is 29.7. The zero-order valence-electron chi connectivity index (χ0n) is 25.1. The molecule has 1 aliphatic heterocycles. The molecule has 5 rings (SSSR count). The van der Waals surface area contributed by atoms with E-state index in [0.29, 0.717) is 17.8 Å². The summed E-state index contributed by atoms with van der Waals surface area (Å²) in [5.41, 5.74) is 3.73. The molecule has 43 heavy (non-hydrogen) atoms. The highest BCUT2D eigenvalue weighted by Gasteiger charge is 2.24. The minimum Gasteiger partial charge on any atom is -0.495 e. The van der Waals surface area contributed by atoms with E-state index in [0.717, 1.165) is 72.7 Å². The molecule has 0 aromatic heterocycles. The van der Waals surface area contributed by atoms with Crippen LogP contribution in [0, 0.1) is 0 Å². The van der Waals surface area contributed by atoms with Gasteiger partial charge < -0.3 is 35.4 Å². The Kier molecular flexibility index (Phi) is 9.63. The van der Waals surface area contributed by atoms with E-state index in [1.165, 1.54) is 0 Å². The number of ether oxygens (including phenoxy) is 1. The van der Waals surface area contributed by atoms with Crippen LogP contribution in [0.5, 0.6) is 5.75 Å². The van der Waals surface area contributed by atoms with Crippen molar-refractivity contribution in [1.29, 1.82) is 0 Å². The van der Waals surface area contributed by atoms with Gasteiger partial charge in [-0.2, -0.15) is 0 Å². The van der Waals surface area contributed by atoms with Crippen LogP contribution in [0.4, 0.5) is 27.5 Å². The Morgan fingerprint density at radius 1 is 0.814 bits per heavy atom. The highest BCUT2D eigenvalue weighted by molar-refractivity contribution is 6.07. The number of amides is 3. The van der Waals surface area contributed by atoms with Crippen LogP contribution in [0.3, 0.4) is 0 Å². The maximum absolute atomic E-state index is 13.5. The van der Waals surface area contributed by atoms with E-state index in [4.69, 9.17) is 4.74 Å². The summed E-state index contributed by atoms with van der Waals surface area (Å²) in [6.07, 6.45) is 0.844. The van der Waals surface area contributed by atoms with Gasteiger partial charge in [-0.1, -0.05) is 48.5 Å². The van der Waals surface area contributed by atoms with Crippen LogP contribution < -0.4 is 30.5 Å². The lowest BCUT2D eigenvalue weighted by atomic mass is 10.1. The number of benzene rings is 4. The van der Waals surface area contributed by atoms with Gasteiger partial charge in [-0.3, -0.25) is 4.79 Å². The highest BCUT2D eigenvalue weighted by Crippen LogP contribution is 2.31. The Balaban J connectivity index is 1.32. The van der Waals surface area contributed by atoms with Crippen molar-refractivity contribution in [2.45, 2.75) is 6.42 Å². The number of methoxy groups -OCH3 is 1. The number of fused-ring (bicyclic) bond motifs is 1. The molecule has 3 amide bonds. The number of urea groups is 1. The summed E-state index contributed by atoms with van der Waals surface area (Å²) in [5.74, 6) is 0.699. The van der Waals surface area contributed by atoms with Gasteiger partial charge in [0.15, 0.2) is 0 Å². The van der Waals surface area contributed by atoms with Crippen molar-refractivity contribution in [2.24, 2.45) is 0 Å². The fraction of sp³-hybridized carbons (Fsp3) is 0.294. The van der Waals surface area contributed by atoms with E-state index in [9.17, 15) is 9.59 Å². The molecule has 0 atom stereocenters. The molecule has 0 spiro atoms. The van der Waals surface area contributed by atoms with Crippen LogP contribution in [-0.2, 0) is 0 Å². The molecule has 224 valence electrons. The first-order valence-corrected chi connectivity index (χ1v) is 14.7. The summed E-state index contributed by atoms with van der Waals surface area (Å²) < 4.78 is 5.57. The Hall–Kier alpha value is -4.76. The average molecular weight is 581 g/mol. The second-order valence-electron chi connectivity index (χ2n) is 10.9. The Bertz CT molecular complexity index is 1560. The molecule has 9 nitrogen and oxygen atoms in total. The maximum atomic E-state index is 13.5. The first-order valence-electron chi connectivity index (χ1n) is 14.7. The molecule has 1 aliphatic rings. The molecule has 0 bridgehead atoms. The van der Waals surface area contributed by atoms with E-state index in [1.807, 2.05) is 86.9 Å². The third-order valence-electron chi connectivity index (χ3n) is 7.65. The molecule has 0 saturated carbocycles. The lowest BCUT2D eigenvalue weighted by Crippen LogP contribution is -2.47. The van der Waals surface area contributed by atoms with E-state index in [-0.39, 0.29) is 11.9 Å². The Morgan fingerprint density at radius 2 is 1.51 bits per heavy atom. The molecule has 1 fully saturated rings. The van der Waals surface area contributed by atoms with Gasteiger partial charge in [0.25, 0.3) is 5.91 Å². The van der Waals surface area contributed by atoms with Gasteiger partial charge in [0.05, 0.1) is 24.0 Å². The van der Waals surface area contributed by atoms with Crippen molar-refractivity contribution in [1.82, 2.24) is 10.2 Å². The number of carbonyl (C=O) groups excluding carboxylic acids is 2. The van der Waals surface area contributed by atoms with Gasteiger partial charge in [-0.05, 0) is 68.8 Å². The zero-order valence-corrected chi connectivity index (χ0v) is 25.1. The largest absolute Gasteiger partial charge is 0.495 e. The van der Waals surface area contributed by atoms with Gasteiger partial charge in [0.1, 0.15) is 5.75 Å². The van der Waals surface area contributed by atoms with Crippen LogP contribution in [0.15, 0.2) is 84.9 Å². The molecule has 0 unspecified atom stereocenters. The van der Waals surface area contributed by atoms with E-state index in [2.05, 4.69) is 36.7 Å². The molecule has 4 aromatic rings. The molecule has 3 N–H and O–H groups in total. The molecule has 4 aromatic carbocycles. The fourth-order valence-electron chi connectivity index (χ4n) is 5.46. The standard InChI is InChI=1S/C34H40N6O3/c1-38(2)19-9-18-35-33(41)28-24-26(36-34(42)37-29-13-8-11-25-10-4-5-12-27(25)29)16-17-30(28)39-20-22-40(23-21-39)31-14-6-7-15-32(31)43-3/h4-8,10-17,24H,9,18-23H2,1-3H3,(H,35,41)(H2,36,37,42). The summed E-state index contributed by atoms with van der Waals surface area (Å²) in [7, 11) is 5.72. The number of piperazine rings is 1. The molecular formula is C34H40N6O3. The number of carbonyl (C=O) groups is 2. The lowest BCUT2D eigenvalue weighted by Gasteiger charge is -2.38. The second kappa shape index (κ2) is 13.9. The fourth-order valence-corrected chi connectivity index (χ4v) is 5.46. The van der Waals surface area contributed by atoms with Crippen molar-refractivity contribution in [3.05, 3.63) is 90.5 Å². The number of nitrogens with zero attached hydrogens (tertiary/aromatic N) is 3. The summed E-state index contributed by atoms with van der Waals surface area (Å²) in [6, 6.07) is 26.9. The third-order valence-corrected chi connectivity index (χ3v) is 7.65. The Morgan fingerprint density at radius 3 is 2.28 bits per heavy atom. The number of para-hydroxylation sites is 2. The third kappa shape index (κ3) is 7.37. The first-order chi connectivity index (χ1) is 20.9. The molecule has 9 heteroatoms. The highest BCUT2D eigenvalue weighted by atomic mass is 16.5. The van der Waals surface area contributed by atoms with E-state index >= 15 is 0 Å². The SMILES string of the molecule is COc1ccccc1N1CCN(c2ccc(NC(=O)Nc3cccc4ccccc34)cc2C(=O)NCCCN(C)C)CC1. The Labute approximate surface area is 253 Å². The van der Waals surface area contributed by atoms with Crippen LogP contribution >= 0.6 is 0 Å². The van der Waals surface area contributed by atoms with E-state index in [1.54, 1.807) is 13.2 Å². The number of hydrogen-bond acceptors (Lipinski definition) is 6. The van der Waals surface area contributed by atoms with Crippen molar-refractivity contribution in [2.75, 3.05) is 80.9 Å². The number of rotatable bonds is 10. The van der Waals surface area contributed by atoms with Crippen LogP contribution in [0.1, 0.15) is 16.8 Å². The van der Waals surface area contributed by atoms with Crippen molar-refractivity contribution < 1.29 is 14.3 Å². The van der Waals surface area contributed by atoms with Gasteiger partial charge in [-0.25, -0.2) is 4.79 Å². The van der Waals surface area contributed by atoms with Crippen molar-refractivity contribution in [3.63, 3.8) is 0 Å². The number of nitrogens with one attached hydrogen (secondary N) is 3. The monoisotopic (exact) mass is 580 g/mol.